The van der Waals surface area contributed by atoms with Crippen molar-refractivity contribution in [3.8, 4) is 0 Å². The number of pyridine rings is 1. The molecule has 0 bridgehead atoms. The zero-order valence-electron chi connectivity index (χ0n) is 13.3. The van der Waals surface area contributed by atoms with Gasteiger partial charge < -0.3 is 9.47 Å². The fourth-order valence-electron chi connectivity index (χ4n) is 2.20. The molecule has 1 aliphatic rings. The van der Waals surface area contributed by atoms with Crippen LogP contribution in [0, 0.1) is 0 Å². The number of carbonyl (C=O) groups excluding carboxylic acids is 1. The smallest absolute Gasteiger partial charge is 0.416 e. The van der Waals surface area contributed by atoms with Crippen LogP contribution in [0.15, 0.2) is 12.1 Å². The number of ether oxygens (including phenoxy) is 2. The summed E-state index contributed by atoms with van der Waals surface area (Å²) in [5.74, 6) is 0.674. The second-order valence-corrected chi connectivity index (χ2v) is 6.22. The van der Waals surface area contributed by atoms with Gasteiger partial charge in [-0.25, -0.2) is 9.78 Å². The van der Waals surface area contributed by atoms with Gasteiger partial charge in [0.1, 0.15) is 11.4 Å². The van der Waals surface area contributed by atoms with Gasteiger partial charge in [-0.2, -0.15) is 0 Å². The first-order chi connectivity index (χ1) is 9.90. The highest BCUT2D eigenvalue weighted by Crippen LogP contribution is 2.24. The topological polar surface area (TPSA) is 51.7 Å². The van der Waals surface area contributed by atoms with Gasteiger partial charge in [0.2, 0.25) is 0 Å². The zero-order chi connectivity index (χ0) is 15.5. The average Bonchev–Trinajstić information content (AvgIpc) is 2.59. The van der Waals surface area contributed by atoms with Crippen LogP contribution in [-0.2, 0) is 22.5 Å². The van der Waals surface area contributed by atoms with Crippen LogP contribution in [0.3, 0.4) is 0 Å². The molecule has 1 aliphatic heterocycles. The molecule has 0 fully saturated rings. The minimum Gasteiger partial charge on any atom is -0.443 e. The highest BCUT2D eigenvalue weighted by Gasteiger charge is 2.27. The lowest BCUT2D eigenvalue weighted by Crippen LogP contribution is -2.39. The van der Waals surface area contributed by atoms with E-state index in [0.717, 1.165) is 24.1 Å². The second-order valence-electron chi connectivity index (χ2n) is 6.22. The number of rotatable bonds is 2. The van der Waals surface area contributed by atoms with Gasteiger partial charge in [-0.3, -0.25) is 4.90 Å². The van der Waals surface area contributed by atoms with Gasteiger partial charge in [0.05, 0.1) is 19.8 Å². The molecular formula is C16H24N2O3. The Kier molecular flexibility index (Phi) is 4.83. The fourth-order valence-corrected chi connectivity index (χ4v) is 2.20. The Morgan fingerprint density at radius 3 is 2.86 bits per heavy atom. The summed E-state index contributed by atoms with van der Waals surface area (Å²) in [7, 11) is 0. The number of nitrogens with zero attached hydrogens (tertiary/aromatic N) is 2. The maximum atomic E-state index is 12.4. The molecule has 0 atom stereocenters. The van der Waals surface area contributed by atoms with E-state index in [2.05, 4.69) is 11.9 Å². The van der Waals surface area contributed by atoms with Crippen LogP contribution in [0.5, 0.6) is 0 Å². The number of carbonyl (C=O) groups is 1. The lowest BCUT2D eigenvalue weighted by atomic mass is 10.2. The number of aryl methyl sites for hydroxylation is 1. The Morgan fingerprint density at radius 2 is 2.19 bits per heavy atom. The standard InChI is InChI=1S/C16H24N2O3/c1-5-6-13-8-7-12-11-20-10-9-18(14(12)17-13)15(19)21-16(2,3)4/h7-8H,5-6,9-11H2,1-4H3. The van der Waals surface area contributed by atoms with E-state index in [1.807, 2.05) is 32.9 Å². The van der Waals surface area contributed by atoms with E-state index in [9.17, 15) is 4.79 Å². The molecule has 1 aromatic rings. The van der Waals surface area contributed by atoms with Crippen LogP contribution in [0.4, 0.5) is 10.6 Å². The predicted molar refractivity (Wildman–Crippen MR) is 81.5 cm³/mol. The van der Waals surface area contributed by atoms with Crippen LogP contribution in [0.25, 0.3) is 0 Å². The normalized spacial score (nSPS) is 15.3. The van der Waals surface area contributed by atoms with Gasteiger partial charge in [-0.1, -0.05) is 19.4 Å². The third-order valence-corrected chi connectivity index (χ3v) is 3.11. The molecule has 116 valence electrons. The van der Waals surface area contributed by atoms with E-state index in [4.69, 9.17) is 9.47 Å². The Hall–Kier alpha value is -1.62. The molecule has 0 radical (unpaired) electrons. The summed E-state index contributed by atoms with van der Waals surface area (Å²) >= 11 is 0. The van der Waals surface area contributed by atoms with E-state index < -0.39 is 5.60 Å². The van der Waals surface area contributed by atoms with Crippen molar-refractivity contribution in [1.29, 1.82) is 0 Å². The lowest BCUT2D eigenvalue weighted by Gasteiger charge is -2.26. The van der Waals surface area contributed by atoms with Crippen molar-refractivity contribution in [3.63, 3.8) is 0 Å². The van der Waals surface area contributed by atoms with Gasteiger partial charge in [0.25, 0.3) is 0 Å². The SMILES string of the molecule is CCCc1ccc2c(n1)N(C(=O)OC(C)(C)C)CCOC2. The second kappa shape index (κ2) is 6.43. The van der Waals surface area contributed by atoms with Crippen LogP contribution in [0.2, 0.25) is 0 Å². The Bertz CT molecular complexity index is 509. The molecular weight excluding hydrogens is 268 g/mol. The molecule has 5 heteroatoms. The first-order valence-electron chi connectivity index (χ1n) is 7.48. The van der Waals surface area contributed by atoms with Gasteiger partial charge in [0.15, 0.2) is 0 Å². The summed E-state index contributed by atoms with van der Waals surface area (Å²) in [6, 6.07) is 4.00. The number of amides is 1. The molecule has 2 heterocycles. The molecule has 0 saturated heterocycles. The van der Waals surface area contributed by atoms with Gasteiger partial charge in [0, 0.05) is 11.3 Å². The first-order valence-corrected chi connectivity index (χ1v) is 7.48. The summed E-state index contributed by atoms with van der Waals surface area (Å²) in [4.78, 5) is 18.6. The summed E-state index contributed by atoms with van der Waals surface area (Å²) in [6.07, 6.45) is 1.56. The van der Waals surface area contributed by atoms with E-state index in [0.29, 0.717) is 25.6 Å². The van der Waals surface area contributed by atoms with E-state index in [-0.39, 0.29) is 6.09 Å². The molecule has 0 aromatic carbocycles. The molecule has 0 spiro atoms. The number of hydrogen-bond donors (Lipinski definition) is 0. The Balaban J connectivity index is 2.31. The van der Waals surface area contributed by atoms with Crippen molar-refractivity contribution in [2.75, 3.05) is 18.1 Å². The third-order valence-electron chi connectivity index (χ3n) is 3.11. The summed E-state index contributed by atoms with van der Waals surface area (Å²) in [5, 5.41) is 0. The van der Waals surface area contributed by atoms with E-state index >= 15 is 0 Å². The first kappa shape index (κ1) is 15.8. The number of hydrogen-bond acceptors (Lipinski definition) is 4. The monoisotopic (exact) mass is 292 g/mol. The van der Waals surface area contributed by atoms with Crippen LogP contribution in [0.1, 0.15) is 45.4 Å². The van der Waals surface area contributed by atoms with Crippen molar-refractivity contribution in [2.24, 2.45) is 0 Å². The molecule has 1 amide bonds. The zero-order valence-corrected chi connectivity index (χ0v) is 13.3. The minimum absolute atomic E-state index is 0.365. The van der Waals surface area contributed by atoms with Crippen LogP contribution >= 0.6 is 0 Å². The number of fused-ring (bicyclic) bond motifs is 1. The molecule has 21 heavy (non-hydrogen) atoms. The van der Waals surface area contributed by atoms with Gasteiger partial charge in [-0.05, 0) is 33.3 Å². The fraction of sp³-hybridized carbons (Fsp3) is 0.625. The quantitative estimate of drug-likeness (QED) is 0.839. The van der Waals surface area contributed by atoms with Crippen LogP contribution in [-0.4, -0.2) is 29.8 Å². The summed E-state index contributed by atoms with van der Waals surface area (Å²) in [5.41, 5.74) is 1.40. The molecule has 2 rings (SSSR count). The molecule has 0 N–H and O–H groups in total. The highest BCUT2D eigenvalue weighted by atomic mass is 16.6. The minimum atomic E-state index is -0.522. The van der Waals surface area contributed by atoms with Gasteiger partial charge >= 0.3 is 6.09 Å². The van der Waals surface area contributed by atoms with Gasteiger partial charge in [-0.15, -0.1) is 0 Å². The predicted octanol–water partition coefficient (Wildman–Crippen LogP) is 3.31. The van der Waals surface area contributed by atoms with Crippen molar-refractivity contribution in [2.45, 2.75) is 52.7 Å². The Morgan fingerprint density at radius 1 is 1.43 bits per heavy atom. The molecule has 0 aliphatic carbocycles. The molecule has 1 aromatic heterocycles. The number of anilines is 1. The van der Waals surface area contributed by atoms with Crippen molar-refractivity contribution >= 4 is 11.9 Å². The van der Waals surface area contributed by atoms with Crippen molar-refractivity contribution < 1.29 is 14.3 Å². The van der Waals surface area contributed by atoms with Crippen molar-refractivity contribution in [1.82, 2.24) is 4.98 Å². The maximum absolute atomic E-state index is 12.4. The Labute approximate surface area is 126 Å². The maximum Gasteiger partial charge on any atom is 0.416 e. The number of aromatic nitrogens is 1. The van der Waals surface area contributed by atoms with E-state index in [1.54, 1.807) is 4.90 Å². The largest absolute Gasteiger partial charge is 0.443 e. The molecule has 0 unspecified atom stereocenters. The summed E-state index contributed by atoms with van der Waals surface area (Å²) < 4.78 is 11.0. The van der Waals surface area contributed by atoms with E-state index in [1.165, 1.54) is 0 Å². The highest BCUT2D eigenvalue weighted by molar-refractivity contribution is 5.87. The lowest BCUT2D eigenvalue weighted by molar-refractivity contribution is 0.0565. The third kappa shape index (κ3) is 4.17. The molecule has 0 saturated carbocycles. The summed E-state index contributed by atoms with van der Waals surface area (Å²) in [6.45, 7) is 9.13. The van der Waals surface area contributed by atoms with Crippen LogP contribution < -0.4 is 4.90 Å². The van der Waals surface area contributed by atoms with Crippen molar-refractivity contribution in [3.05, 3.63) is 23.4 Å². The average molecular weight is 292 g/mol. The molecule has 5 nitrogen and oxygen atoms in total.